The normalized spacial score (nSPS) is 15.0. The summed E-state index contributed by atoms with van der Waals surface area (Å²) in [6.45, 7) is 4.71. The first-order valence-electron chi connectivity index (χ1n) is 11.9. The highest BCUT2D eigenvalue weighted by Gasteiger charge is 2.43. The summed E-state index contributed by atoms with van der Waals surface area (Å²) in [5, 5.41) is 0.994. The Labute approximate surface area is 208 Å². The molecule has 2 heterocycles. The van der Waals surface area contributed by atoms with Crippen molar-refractivity contribution >= 4 is 34.2 Å². The molecule has 5 rings (SSSR count). The van der Waals surface area contributed by atoms with E-state index in [4.69, 9.17) is 20.8 Å². The molecular formula is C29H26ClNO4. The van der Waals surface area contributed by atoms with Crippen LogP contribution < -0.4 is 15.1 Å². The zero-order chi connectivity index (χ0) is 24.5. The number of unbranched alkanes of at least 4 members (excludes halogenated alkanes) is 2. The lowest BCUT2D eigenvalue weighted by atomic mass is 9.98. The monoisotopic (exact) mass is 487 g/mol. The van der Waals surface area contributed by atoms with Crippen molar-refractivity contribution in [3.63, 3.8) is 0 Å². The van der Waals surface area contributed by atoms with Gasteiger partial charge in [0, 0.05) is 10.7 Å². The van der Waals surface area contributed by atoms with E-state index in [0.29, 0.717) is 33.8 Å². The largest absolute Gasteiger partial charge is 0.494 e. The van der Waals surface area contributed by atoms with E-state index in [1.54, 1.807) is 35.2 Å². The van der Waals surface area contributed by atoms with Crippen molar-refractivity contribution in [2.45, 2.75) is 39.2 Å². The van der Waals surface area contributed by atoms with Gasteiger partial charge in [-0.2, -0.15) is 0 Å². The van der Waals surface area contributed by atoms with Crippen LogP contribution in [0, 0.1) is 6.92 Å². The number of aryl methyl sites for hydroxylation is 1. The number of nitrogens with zero attached hydrogens (tertiary/aromatic N) is 1. The molecule has 0 radical (unpaired) electrons. The molecule has 0 saturated carbocycles. The summed E-state index contributed by atoms with van der Waals surface area (Å²) in [6, 6.07) is 19.4. The van der Waals surface area contributed by atoms with Crippen LogP contribution in [0.1, 0.15) is 59.5 Å². The summed E-state index contributed by atoms with van der Waals surface area (Å²) >= 11 is 6.41. The van der Waals surface area contributed by atoms with Gasteiger partial charge < -0.3 is 9.15 Å². The lowest BCUT2D eigenvalue weighted by Crippen LogP contribution is -2.29. The third-order valence-electron chi connectivity index (χ3n) is 6.42. The molecule has 5 nitrogen and oxygen atoms in total. The Bertz CT molecular complexity index is 1460. The number of benzene rings is 3. The highest BCUT2D eigenvalue weighted by molar-refractivity contribution is 6.31. The first kappa shape index (κ1) is 23.2. The molecule has 6 heteroatoms. The van der Waals surface area contributed by atoms with Crippen LogP contribution in [0.5, 0.6) is 5.75 Å². The summed E-state index contributed by atoms with van der Waals surface area (Å²) in [6.07, 6.45) is 3.25. The molecule has 1 atom stereocenters. The fourth-order valence-corrected chi connectivity index (χ4v) is 4.70. The Morgan fingerprint density at radius 1 is 1.00 bits per heavy atom. The molecule has 1 amide bonds. The first-order valence-corrected chi connectivity index (χ1v) is 12.3. The summed E-state index contributed by atoms with van der Waals surface area (Å²) in [7, 11) is 0. The fraction of sp³-hybridized carbons (Fsp3) is 0.241. The minimum atomic E-state index is -0.647. The molecule has 1 aromatic heterocycles. The Hall–Kier alpha value is -3.57. The van der Waals surface area contributed by atoms with Gasteiger partial charge in [-0.3, -0.25) is 14.5 Å². The number of hydrogen-bond donors (Lipinski definition) is 0. The first-order chi connectivity index (χ1) is 17.0. The highest BCUT2D eigenvalue weighted by Crippen LogP contribution is 2.42. The van der Waals surface area contributed by atoms with Gasteiger partial charge in [-0.25, -0.2) is 0 Å². The van der Waals surface area contributed by atoms with Gasteiger partial charge in [0.15, 0.2) is 5.43 Å². The molecule has 0 fully saturated rings. The number of rotatable bonds is 7. The summed E-state index contributed by atoms with van der Waals surface area (Å²) < 4.78 is 11.9. The molecule has 0 N–H and O–H groups in total. The van der Waals surface area contributed by atoms with Gasteiger partial charge in [0.05, 0.1) is 23.6 Å². The smallest absolute Gasteiger partial charge is 0.295 e. The van der Waals surface area contributed by atoms with E-state index in [1.807, 2.05) is 43.3 Å². The van der Waals surface area contributed by atoms with Crippen molar-refractivity contribution < 1.29 is 13.9 Å². The van der Waals surface area contributed by atoms with Crippen LogP contribution in [-0.2, 0) is 0 Å². The van der Waals surface area contributed by atoms with E-state index in [1.165, 1.54) is 0 Å². The average Bonchev–Trinajstić information content (AvgIpc) is 3.16. The second-order valence-electron chi connectivity index (χ2n) is 8.81. The van der Waals surface area contributed by atoms with Gasteiger partial charge >= 0.3 is 0 Å². The molecule has 0 spiro atoms. The summed E-state index contributed by atoms with van der Waals surface area (Å²) in [4.78, 5) is 28.9. The van der Waals surface area contributed by atoms with Gasteiger partial charge in [-0.15, -0.1) is 0 Å². The van der Waals surface area contributed by atoms with Crippen LogP contribution >= 0.6 is 11.6 Å². The maximum absolute atomic E-state index is 13.7. The number of fused-ring (bicyclic) bond motifs is 2. The minimum absolute atomic E-state index is 0.0651. The molecule has 178 valence electrons. The van der Waals surface area contributed by atoms with Crippen LogP contribution in [0.4, 0.5) is 5.69 Å². The molecule has 1 aliphatic heterocycles. The quantitative estimate of drug-likeness (QED) is 0.261. The number of carbonyl (C=O) groups is 1. The van der Waals surface area contributed by atoms with Crippen molar-refractivity contribution in [1.82, 2.24) is 0 Å². The van der Waals surface area contributed by atoms with Crippen molar-refractivity contribution in [3.8, 4) is 5.75 Å². The average molecular weight is 488 g/mol. The Kier molecular flexibility index (Phi) is 6.35. The van der Waals surface area contributed by atoms with Crippen LogP contribution in [0.2, 0.25) is 5.02 Å². The molecule has 1 aliphatic rings. The molecule has 3 aromatic carbocycles. The topological polar surface area (TPSA) is 59.8 Å². The molecule has 4 aromatic rings. The van der Waals surface area contributed by atoms with E-state index in [9.17, 15) is 9.59 Å². The number of amides is 1. The summed E-state index contributed by atoms with van der Waals surface area (Å²) in [5.41, 5.74) is 2.81. The van der Waals surface area contributed by atoms with Crippen LogP contribution in [0.3, 0.4) is 0 Å². The molecule has 0 saturated heterocycles. The molecule has 35 heavy (non-hydrogen) atoms. The van der Waals surface area contributed by atoms with E-state index in [-0.39, 0.29) is 17.1 Å². The fourth-order valence-electron chi connectivity index (χ4n) is 4.52. The second kappa shape index (κ2) is 9.59. The van der Waals surface area contributed by atoms with Crippen molar-refractivity contribution in [1.29, 1.82) is 0 Å². The predicted octanol–water partition coefficient (Wildman–Crippen LogP) is 7.07. The number of hydrogen-bond acceptors (Lipinski definition) is 4. The highest BCUT2D eigenvalue weighted by atomic mass is 35.5. The van der Waals surface area contributed by atoms with E-state index in [0.717, 1.165) is 36.1 Å². The van der Waals surface area contributed by atoms with E-state index >= 15 is 0 Å². The number of halogens is 1. The van der Waals surface area contributed by atoms with E-state index < -0.39 is 6.04 Å². The van der Waals surface area contributed by atoms with Crippen LogP contribution in [-0.4, -0.2) is 12.5 Å². The number of carbonyl (C=O) groups excluding carboxylic acids is 1. The standard InChI is InChI=1S/C29H26ClNO4/c1-3-4-7-16-34-21-14-11-19(12-15-21)26-25-27(32)22-8-5-6-9-24(22)35-28(25)29(33)31(26)20-13-10-18(2)23(30)17-20/h5-6,8-15,17,26H,3-4,7,16H2,1-2H3. The van der Waals surface area contributed by atoms with Gasteiger partial charge in [-0.1, -0.05) is 61.7 Å². The van der Waals surface area contributed by atoms with Gasteiger partial charge in [0.25, 0.3) is 5.91 Å². The van der Waals surface area contributed by atoms with Crippen LogP contribution in [0.15, 0.2) is 75.9 Å². The Balaban J connectivity index is 1.62. The lowest BCUT2D eigenvalue weighted by molar-refractivity contribution is 0.0971. The summed E-state index contributed by atoms with van der Waals surface area (Å²) in [5.74, 6) is 0.452. The van der Waals surface area contributed by atoms with Crippen LogP contribution in [0.25, 0.3) is 11.0 Å². The number of anilines is 1. The zero-order valence-corrected chi connectivity index (χ0v) is 20.5. The lowest BCUT2D eigenvalue weighted by Gasteiger charge is -2.26. The number of para-hydroxylation sites is 1. The van der Waals surface area contributed by atoms with Gasteiger partial charge in [-0.05, 0) is 60.9 Å². The van der Waals surface area contributed by atoms with Gasteiger partial charge in [0.2, 0.25) is 5.76 Å². The maximum atomic E-state index is 13.7. The third-order valence-corrected chi connectivity index (χ3v) is 6.83. The SMILES string of the molecule is CCCCCOc1ccc(C2c3c(oc4ccccc4c3=O)C(=O)N2c2ccc(C)c(Cl)c2)cc1. The van der Waals surface area contributed by atoms with Crippen molar-refractivity contribution in [2.24, 2.45) is 0 Å². The molecule has 0 bridgehead atoms. The minimum Gasteiger partial charge on any atom is -0.494 e. The molecule has 0 aliphatic carbocycles. The number of ether oxygens (including phenoxy) is 1. The predicted molar refractivity (Wildman–Crippen MR) is 139 cm³/mol. The molecule has 1 unspecified atom stereocenters. The van der Waals surface area contributed by atoms with Crippen molar-refractivity contribution in [3.05, 3.63) is 104 Å². The Morgan fingerprint density at radius 3 is 2.51 bits per heavy atom. The maximum Gasteiger partial charge on any atom is 0.295 e. The zero-order valence-electron chi connectivity index (χ0n) is 19.7. The second-order valence-corrected chi connectivity index (χ2v) is 9.21. The third kappa shape index (κ3) is 4.21. The van der Waals surface area contributed by atoms with Gasteiger partial charge in [0.1, 0.15) is 11.3 Å². The molecular weight excluding hydrogens is 462 g/mol. The van der Waals surface area contributed by atoms with E-state index in [2.05, 4.69) is 6.92 Å². The Morgan fingerprint density at radius 2 is 1.77 bits per heavy atom. The van der Waals surface area contributed by atoms with Crippen molar-refractivity contribution in [2.75, 3.05) is 11.5 Å².